The van der Waals surface area contributed by atoms with E-state index in [1.807, 2.05) is 25.1 Å². The first-order valence-corrected chi connectivity index (χ1v) is 9.08. The maximum absolute atomic E-state index is 12.6. The average molecular weight is 351 g/mol. The molecule has 1 heterocycles. The monoisotopic (exact) mass is 351 g/mol. The fourth-order valence-corrected chi connectivity index (χ4v) is 3.63. The molecule has 26 heavy (non-hydrogen) atoms. The van der Waals surface area contributed by atoms with Gasteiger partial charge in [-0.3, -0.25) is 9.59 Å². The van der Waals surface area contributed by atoms with E-state index >= 15 is 0 Å². The summed E-state index contributed by atoms with van der Waals surface area (Å²) in [4.78, 5) is 25.9. The lowest BCUT2D eigenvalue weighted by Crippen LogP contribution is -2.56. The summed E-state index contributed by atoms with van der Waals surface area (Å²) in [5.74, 6) is -0.390. The summed E-state index contributed by atoms with van der Waals surface area (Å²) in [5, 5.41) is 0. The van der Waals surface area contributed by atoms with Crippen LogP contribution < -0.4 is 0 Å². The van der Waals surface area contributed by atoms with Crippen LogP contribution in [0.5, 0.6) is 0 Å². The van der Waals surface area contributed by atoms with Crippen molar-refractivity contribution in [1.29, 1.82) is 0 Å². The number of methoxy groups -OCH3 is 1. The van der Waals surface area contributed by atoms with Gasteiger partial charge in [0.15, 0.2) is 0 Å². The van der Waals surface area contributed by atoms with Gasteiger partial charge in [0, 0.05) is 0 Å². The van der Waals surface area contributed by atoms with E-state index in [4.69, 9.17) is 4.74 Å². The lowest BCUT2D eigenvalue weighted by atomic mass is 9.79. The molecule has 0 aromatic heterocycles. The zero-order valence-corrected chi connectivity index (χ0v) is 15.4. The van der Waals surface area contributed by atoms with Crippen LogP contribution in [-0.4, -0.2) is 30.4 Å². The number of amides is 1. The van der Waals surface area contributed by atoms with E-state index in [-0.39, 0.29) is 30.4 Å². The Kier molecular flexibility index (Phi) is 5.71. The highest BCUT2D eigenvalue weighted by atomic mass is 16.5. The van der Waals surface area contributed by atoms with Crippen LogP contribution in [0.3, 0.4) is 0 Å². The number of likely N-dealkylation sites (tertiary alicyclic amines) is 1. The summed E-state index contributed by atoms with van der Waals surface area (Å²) in [6.45, 7) is 2.06. The number of esters is 1. The molecule has 1 saturated heterocycles. The maximum Gasteiger partial charge on any atom is 0.325 e. The molecule has 0 unspecified atom stereocenters. The van der Waals surface area contributed by atoms with Crippen molar-refractivity contribution in [3.63, 3.8) is 0 Å². The van der Waals surface area contributed by atoms with Gasteiger partial charge in [-0.2, -0.15) is 0 Å². The number of carbonyl (C=O) groups excluding carboxylic acids is 2. The zero-order chi connectivity index (χ0) is 18.5. The molecule has 3 rings (SSSR count). The number of rotatable bonds is 7. The predicted molar refractivity (Wildman–Crippen MR) is 101 cm³/mol. The van der Waals surface area contributed by atoms with Crippen molar-refractivity contribution in [3.05, 3.63) is 71.3 Å². The average Bonchev–Trinajstić information content (AvgIpc) is 2.67. The van der Waals surface area contributed by atoms with Gasteiger partial charge in [0.1, 0.15) is 6.54 Å². The Morgan fingerprint density at radius 2 is 1.77 bits per heavy atom. The molecule has 2 aromatic carbocycles. The Morgan fingerprint density at radius 3 is 2.42 bits per heavy atom. The summed E-state index contributed by atoms with van der Waals surface area (Å²) in [6, 6.07) is 18.5. The molecule has 136 valence electrons. The topological polar surface area (TPSA) is 46.6 Å². The summed E-state index contributed by atoms with van der Waals surface area (Å²) in [7, 11) is 1.35. The quantitative estimate of drug-likeness (QED) is 0.564. The van der Waals surface area contributed by atoms with E-state index in [0.29, 0.717) is 0 Å². The number of β-lactam (4-membered cyclic amide) rings is 1. The maximum atomic E-state index is 12.6. The van der Waals surface area contributed by atoms with Gasteiger partial charge in [-0.15, -0.1) is 0 Å². The SMILES string of the molecule is COC(=O)CN1C(=O)[C@@H](CCCc2ccccc2)[C@@H]1c1ccc(C)cc1. The van der Waals surface area contributed by atoms with Crippen LogP contribution in [0.1, 0.15) is 35.6 Å². The first-order valence-electron chi connectivity index (χ1n) is 9.08. The van der Waals surface area contributed by atoms with Gasteiger partial charge in [-0.05, 0) is 37.3 Å². The number of hydrogen-bond acceptors (Lipinski definition) is 3. The molecular formula is C22H25NO3. The van der Waals surface area contributed by atoms with Gasteiger partial charge < -0.3 is 9.64 Å². The molecule has 2 atom stereocenters. The lowest BCUT2D eigenvalue weighted by molar-refractivity contribution is -0.165. The van der Waals surface area contributed by atoms with Crippen molar-refractivity contribution in [3.8, 4) is 0 Å². The van der Waals surface area contributed by atoms with Crippen LogP contribution in [0.4, 0.5) is 0 Å². The number of benzene rings is 2. The van der Waals surface area contributed by atoms with E-state index in [1.54, 1.807) is 4.90 Å². The third kappa shape index (κ3) is 3.96. The minimum atomic E-state index is -0.377. The highest BCUT2D eigenvalue weighted by molar-refractivity contribution is 5.90. The third-order valence-corrected chi connectivity index (χ3v) is 5.09. The smallest absolute Gasteiger partial charge is 0.325 e. The molecule has 0 N–H and O–H groups in total. The van der Waals surface area contributed by atoms with Crippen LogP contribution in [-0.2, 0) is 20.7 Å². The standard InChI is InChI=1S/C22H25NO3/c1-16-11-13-18(14-12-16)21-19(22(25)23(21)15-20(24)26-2)10-6-9-17-7-4-3-5-8-17/h3-5,7-8,11-14,19,21H,6,9-10,15H2,1-2H3/t19-,21-/m0/s1. The van der Waals surface area contributed by atoms with E-state index in [1.165, 1.54) is 18.2 Å². The van der Waals surface area contributed by atoms with Crippen molar-refractivity contribution in [2.45, 2.75) is 32.2 Å². The normalized spacial score (nSPS) is 19.2. The second-order valence-corrected chi connectivity index (χ2v) is 6.88. The van der Waals surface area contributed by atoms with E-state index in [9.17, 15) is 9.59 Å². The van der Waals surface area contributed by atoms with Gasteiger partial charge in [0.2, 0.25) is 5.91 Å². The molecule has 0 saturated carbocycles. The largest absolute Gasteiger partial charge is 0.468 e. The van der Waals surface area contributed by atoms with Crippen molar-refractivity contribution in [2.75, 3.05) is 13.7 Å². The third-order valence-electron chi connectivity index (χ3n) is 5.09. The van der Waals surface area contributed by atoms with Crippen molar-refractivity contribution >= 4 is 11.9 Å². The predicted octanol–water partition coefficient (Wildman–Crippen LogP) is 3.69. The molecule has 0 aliphatic carbocycles. The fraction of sp³-hybridized carbons (Fsp3) is 0.364. The molecule has 4 heteroatoms. The molecule has 4 nitrogen and oxygen atoms in total. The first-order chi connectivity index (χ1) is 12.6. The van der Waals surface area contributed by atoms with Gasteiger partial charge in [0.05, 0.1) is 19.1 Å². The molecule has 1 fully saturated rings. The molecule has 1 amide bonds. The Hall–Kier alpha value is -2.62. The summed E-state index contributed by atoms with van der Waals surface area (Å²) in [6.07, 6.45) is 2.74. The number of aryl methyl sites for hydroxylation is 2. The summed E-state index contributed by atoms with van der Waals surface area (Å²) in [5.41, 5.74) is 3.56. The molecule has 0 radical (unpaired) electrons. The fourth-order valence-electron chi connectivity index (χ4n) is 3.63. The van der Waals surface area contributed by atoms with Crippen LogP contribution in [0.15, 0.2) is 54.6 Å². The Morgan fingerprint density at radius 1 is 1.08 bits per heavy atom. The zero-order valence-electron chi connectivity index (χ0n) is 15.4. The van der Waals surface area contributed by atoms with Crippen LogP contribution in [0.25, 0.3) is 0 Å². The molecule has 1 aliphatic rings. The van der Waals surface area contributed by atoms with Crippen LogP contribution in [0.2, 0.25) is 0 Å². The minimum Gasteiger partial charge on any atom is -0.468 e. The summed E-state index contributed by atoms with van der Waals surface area (Å²) >= 11 is 0. The Bertz CT molecular complexity index is 755. The first kappa shape index (κ1) is 18.2. The second kappa shape index (κ2) is 8.17. The van der Waals surface area contributed by atoms with E-state index in [2.05, 4.69) is 36.4 Å². The highest BCUT2D eigenvalue weighted by Crippen LogP contribution is 2.42. The number of carbonyl (C=O) groups is 2. The number of nitrogens with zero attached hydrogens (tertiary/aromatic N) is 1. The molecule has 1 aliphatic heterocycles. The number of ether oxygens (including phenoxy) is 1. The lowest BCUT2D eigenvalue weighted by Gasteiger charge is -2.47. The van der Waals surface area contributed by atoms with Gasteiger partial charge in [-0.1, -0.05) is 60.2 Å². The van der Waals surface area contributed by atoms with Crippen LogP contribution in [0, 0.1) is 12.8 Å². The van der Waals surface area contributed by atoms with Gasteiger partial charge in [0.25, 0.3) is 0 Å². The van der Waals surface area contributed by atoms with Gasteiger partial charge >= 0.3 is 5.97 Å². The number of hydrogen-bond donors (Lipinski definition) is 0. The molecular weight excluding hydrogens is 326 g/mol. The van der Waals surface area contributed by atoms with Crippen LogP contribution >= 0.6 is 0 Å². The van der Waals surface area contributed by atoms with Crippen molar-refractivity contribution < 1.29 is 14.3 Å². The summed E-state index contributed by atoms with van der Waals surface area (Å²) < 4.78 is 4.75. The molecule has 0 bridgehead atoms. The van der Waals surface area contributed by atoms with E-state index in [0.717, 1.165) is 24.8 Å². The molecule has 0 spiro atoms. The van der Waals surface area contributed by atoms with Gasteiger partial charge in [-0.25, -0.2) is 0 Å². The van der Waals surface area contributed by atoms with E-state index < -0.39 is 0 Å². The van der Waals surface area contributed by atoms with Crippen molar-refractivity contribution in [1.82, 2.24) is 4.90 Å². The second-order valence-electron chi connectivity index (χ2n) is 6.88. The highest BCUT2D eigenvalue weighted by Gasteiger charge is 2.48. The minimum absolute atomic E-state index is 0.0169. The van der Waals surface area contributed by atoms with Crippen molar-refractivity contribution in [2.24, 2.45) is 5.92 Å². The Labute approximate surface area is 154 Å². The Balaban J connectivity index is 1.69. The molecule has 2 aromatic rings.